The van der Waals surface area contributed by atoms with Crippen molar-refractivity contribution in [2.45, 2.75) is 39.2 Å². The zero-order valence-electron chi connectivity index (χ0n) is 12.6. The van der Waals surface area contributed by atoms with Gasteiger partial charge in [0.05, 0.1) is 17.5 Å². The lowest BCUT2D eigenvalue weighted by Crippen LogP contribution is -2.27. The van der Waals surface area contributed by atoms with Gasteiger partial charge in [0.15, 0.2) is 0 Å². The van der Waals surface area contributed by atoms with E-state index in [-0.39, 0.29) is 6.10 Å². The van der Waals surface area contributed by atoms with E-state index in [4.69, 9.17) is 9.73 Å². The molecule has 2 heterocycles. The van der Waals surface area contributed by atoms with E-state index in [1.54, 1.807) is 6.20 Å². The van der Waals surface area contributed by atoms with E-state index >= 15 is 0 Å². The molecule has 0 N–H and O–H groups in total. The predicted octanol–water partition coefficient (Wildman–Crippen LogP) is 3.71. The number of hydrogen-bond acceptors (Lipinski definition) is 3. The molecule has 2 aromatic rings. The largest absolute Gasteiger partial charge is 0.372 e. The lowest BCUT2D eigenvalue weighted by atomic mass is 9.99. The van der Waals surface area contributed by atoms with E-state index in [1.165, 1.54) is 5.56 Å². The molecule has 1 aliphatic rings. The molecule has 21 heavy (non-hydrogen) atoms. The third-order valence-corrected chi connectivity index (χ3v) is 3.82. The van der Waals surface area contributed by atoms with Gasteiger partial charge in [-0.15, -0.1) is 0 Å². The second kappa shape index (κ2) is 6.22. The number of rotatable bonds is 5. The van der Waals surface area contributed by atoms with E-state index < -0.39 is 0 Å². The molecule has 4 nitrogen and oxygen atoms in total. The van der Waals surface area contributed by atoms with Crippen LogP contribution in [-0.2, 0) is 11.2 Å². The first-order valence-corrected chi connectivity index (χ1v) is 7.57. The first-order valence-electron chi connectivity index (χ1n) is 7.57. The van der Waals surface area contributed by atoms with Crippen LogP contribution >= 0.6 is 0 Å². The average molecular weight is 283 g/mol. The molecule has 1 aliphatic heterocycles. The molecule has 0 bridgehead atoms. The maximum atomic E-state index is 5.97. The average Bonchev–Trinajstić information content (AvgIpc) is 3.02. The normalized spacial score (nSPS) is 17.4. The van der Waals surface area contributed by atoms with Gasteiger partial charge in [-0.25, -0.2) is 4.68 Å². The fourth-order valence-corrected chi connectivity index (χ4v) is 2.57. The molecule has 1 aromatic heterocycles. The Hall–Kier alpha value is -1.94. The summed E-state index contributed by atoms with van der Waals surface area (Å²) in [4.78, 5) is 4.69. The third kappa shape index (κ3) is 3.05. The molecule has 1 unspecified atom stereocenters. The molecule has 1 aromatic carbocycles. The summed E-state index contributed by atoms with van der Waals surface area (Å²) in [5.41, 5.74) is 4.43. The number of ether oxygens (including phenoxy) is 1. The van der Waals surface area contributed by atoms with Crippen LogP contribution in [-0.4, -0.2) is 28.2 Å². The molecule has 110 valence electrons. The van der Waals surface area contributed by atoms with Gasteiger partial charge in [0.1, 0.15) is 0 Å². The number of aliphatic imine (C=N–C) groups is 1. The van der Waals surface area contributed by atoms with Crippen LogP contribution in [0.2, 0.25) is 0 Å². The Balaban J connectivity index is 1.82. The van der Waals surface area contributed by atoms with Crippen molar-refractivity contribution in [2.24, 2.45) is 4.99 Å². The summed E-state index contributed by atoms with van der Waals surface area (Å²) < 4.78 is 7.84. The maximum absolute atomic E-state index is 5.97. The lowest BCUT2D eigenvalue weighted by Gasteiger charge is -2.23. The van der Waals surface area contributed by atoms with E-state index in [9.17, 15) is 0 Å². The van der Waals surface area contributed by atoms with Crippen LogP contribution in [0.15, 0.2) is 41.7 Å². The van der Waals surface area contributed by atoms with Crippen LogP contribution in [0.1, 0.15) is 32.3 Å². The minimum Gasteiger partial charge on any atom is -0.372 e. The monoisotopic (exact) mass is 283 g/mol. The third-order valence-electron chi connectivity index (χ3n) is 3.82. The molecule has 0 amide bonds. The Labute approximate surface area is 125 Å². The van der Waals surface area contributed by atoms with Crippen molar-refractivity contribution in [3.63, 3.8) is 0 Å². The highest BCUT2D eigenvalue weighted by molar-refractivity contribution is 5.91. The van der Waals surface area contributed by atoms with Gasteiger partial charge in [-0.2, -0.15) is 5.10 Å². The second-order valence-electron chi connectivity index (χ2n) is 5.43. The van der Waals surface area contributed by atoms with Gasteiger partial charge in [-0.3, -0.25) is 4.99 Å². The molecule has 0 radical (unpaired) electrons. The number of nitrogens with zero attached hydrogens (tertiary/aromatic N) is 3. The van der Waals surface area contributed by atoms with Gasteiger partial charge < -0.3 is 4.74 Å². The Bertz CT molecular complexity index is 631. The quantitative estimate of drug-likeness (QED) is 0.785. The van der Waals surface area contributed by atoms with Crippen molar-refractivity contribution < 1.29 is 4.74 Å². The van der Waals surface area contributed by atoms with Crippen LogP contribution in [0, 0.1) is 0 Å². The molecule has 1 atom stereocenters. The molecule has 0 fully saturated rings. The molecule has 3 rings (SSSR count). The van der Waals surface area contributed by atoms with Gasteiger partial charge in [0, 0.05) is 31.1 Å². The van der Waals surface area contributed by atoms with E-state index in [0.717, 1.165) is 43.0 Å². The van der Waals surface area contributed by atoms with Gasteiger partial charge in [-0.1, -0.05) is 13.3 Å². The summed E-state index contributed by atoms with van der Waals surface area (Å²) in [6, 6.07) is 8.21. The molecule has 0 aliphatic carbocycles. The minimum atomic E-state index is 0.108. The summed E-state index contributed by atoms with van der Waals surface area (Å²) >= 11 is 0. The van der Waals surface area contributed by atoms with Crippen molar-refractivity contribution in [3.8, 4) is 5.69 Å². The topological polar surface area (TPSA) is 39.4 Å². The summed E-state index contributed by atoms with van der Waals surface area (Å²) in [6.07, 6.45) is 7.00. The Kier molecular flexibility index (Phi) is 4.15. The number of hydrogen-bond donors (Lipinski definition) is 0. The van der Waals surface area contributed by atoms with Crippen LogP contribution in [0.3, 0.4) is 0 Å². The van der Waals surface area contributed by atoms with Crippen LogP contribution in [0.5, 0.6) is 0 Å². The highest BCUT2D eigenvalue weighted by atomic mass is 16.5. The Morgan fingerprint density at radius 2 is 2.29 bits per heavy atom. The first kappa shape index (κ1) is 14.0. The number of aromatic nitrogens is 2. The highest BCUT2D eigenvalue weighted by Crippen LogP contribution is 2.29. The number of fused-ring (bicyclic) bond motifs is 1. The van der Waals surface area contributed by atoms with Gasteiger partial charge in [0.25, 0.3) is 0 Å². The zero-order valence-corrected chi connectivity index (χ0v) is 12.6. The standard InChI is InChI=1S/C17H21N3O/c1-3-4-10-21-17-12-14-11-15(20-9-5-8-18-20)6-7-16(14)19-13(17)2/h5-9,11,17H,3-4,10,12H2,1-2H3. The van der Waals surface area contributed by atoms with Gasteiger partial charge in [0.2, 0.25) is 0 Å². The van der Waals surface area contributed by atoms with Crippen LogP contribution < -0.4 is 0 Å². The highest BCUT2D eigenvalue weighted by Gasteiger charge is 2.21. The lowest BCUT2D eigenvalue weighted by molar-refractivity contribution is 0.0943. The van der Waals surface area contributed by atoms with Crippen molar-refractivity contribution in [1.82, 2.24) is 9.78 Å². The van der Waals surface area contributed by atoms with Crippen LogP contribution in [0.4, 0.5) is 5.69 Å². The molecular formula is C17H21N3O. The fourth-order valence-electron chi connectivity index (χ4n) is 2.57. The Morgan fingerprint density at radius 1 is 1.38 bits per heavy atom. The first-order chi connectivity index (χ1) is 10.3. The van der Waals surface area contributed by atoms with Crippen LogP contribution in [0.25, 0.3) is 5.69 Å². The molecule has 0 spiro atoms. The van der Waals surface area contributed by atoms with Crippen molar-refractivity contribution in [3.05, 3.63) is 42.2 Å². The van der Waals surface area contributed by atoms with Crippen molar-refractivity contribution >= 4 is 11.4 Å². The molecule has 0 saturated carbocycles. The Morgan fingerprint density at radius 3 is 3.05 bits per heavy atom. The van der Waals surface area contributed by atoms with Crippen molar-refractivity contribution in [1.29, 1.82) is 0 Å². The number of unbranched alkanes of at least 4 members (excludes halogenated alkanes) is 1. The summed E-state index contributed by atoms with van der Waals surface area (Å²) in [7, 11) is 0. The second-order valence-corrected chi connectivity index (χ2v) is 5.43. The SMILES string of the molecule is CCCCOC1Cc2cc(-n3cccn3)ccc2N=C1C. The summed E-state index contributed by atoms with van der Waals surface area (Å²) in [5.74, 6) is 0. The number of benzene rings is 1. The van der Waals surface area contributed by atoms with Gasteiger partial charge in [-0.05, 0) is 43.2 Å². The predicted molar refractivity (Wildman–Crippen MR) is 84.7 cm³/mol. The smallest absolute Gasteiger partial charge is 0.0994 e. The molecule has 0 saturated heterocycles. The minimum absolute atomic E-state index is 0.108. The maximum Gasteiger partial charge on any atom is 0.0994 e. The van der Waals surface area contributed by atoms with E-state index in [1.807, 2.05) is 16.9 Å². The van der Waals surface area contributed by atoms with Crippen molar-refractivity contribution in [2.75, 3.05) is 6.61 Å². The van der Waals surface area contributed by atoms with E-state index in [0.29, 0.717) is 0 Å². The molecular weight excluding hydrogens is 262 g/mol. The van der Waals surface area contributed by atoms with E-state index in [2.05, 4.69) is 37.1 Å². The molecule has 4 heteroatoms. The van der Waals surface area contributed by atoms with Gasteiger partial charge >= 0.3 is 0 Å². The fraction of sp³-hybridized carbons (Fsp3) is 0.412. The zero-order chi connectivity index (χ0) is 14.7. The summed E-state index contributed by atoms with van der Waals surface area (Å²) in [5, 5.41) is 4.28. The summed E-state index contributed by atoms with van der Waals surface area (Å²) in [6.45, 7) is 5.04.